The molecule has 2 rings (SSSR count). The number of hydrogen-bond acceptors (Lipinski definition) is 1. The van der Waals surface area contributed by atoms with E-state index in [-0.39, 0.29) is 5.82 Å². The molecular formula is C18H22FN3. The summed E-state index contributed by atoms with van der Waals surface area (Å²) in [7, 11) is 3.74. The minimum Gasteiger partial charge on any atom is -0.356 e. The van der Waals surface area contributed by atoms with Crippen LogP contribution in [0.1, 0.15) is 11.1 Å². The molecule has 0 unspecified atom stereocenters. The van der Waals surface area contributed by atoms with Crippen LogP contribution in [0.5, 0.6) is 0 Å². The number of aliphatic imine (C=N–C) groups is 1. The molecule has 0 saturated heterocycles. The van der Waals surface area contributed by atoms with Gasteiger partial charge in [0.05, 0.1) is 0 Å². The zero-order chi connectivity index (χ0) is 15.8. The van der Waals surface area contributed by atoms with Crippen molar-refractivity contribution in [2.24, 2.45) is 4.99 Å². The molecule has 0 aliphatic heterocycles. The molecule has 2 aromatic carbocycles. The molecule has 1 N–H and O–H groups in total. The SMILES string of the molecule is CN=C(NCCc1ccccc1)N(C)Cc1ccc(F)cc1. The van der Waals surface area contributed by atoms with Crippen LogP contribution in [0.15, 0.2) is 59.6 Å². The number of guanidine groups is 1. The van der Waals surface area contributed by atoms with Crippen molar-refractivity contribution in [3.05, 3.63) is 71.5 Å². The van der Waals surface area contributed by atoms with Gasteiger partial charge in [0, 0.05) is 27.2 Å². The lowest BCUT2D eigenvalue weighted by Crippen LogP contribution is -2.39. The minimum absolute atomic E-state index is 0.211. The Morgan fingerprint density at radius 3 is 2.36 bits per heavy atom. The summed E-state index contributed by atoms with van der Waals surface area (Å²) in [5, 5.41) is 3.35. The maximum Gasteiger partial charge on any atom is 0.193 e. The average Bonchev–Trinajstić information content (AvgIpc) is 2.54. The standard InChI is InChI=1S/C18H22FN3/c1-20-18(21-13-12-15-6-4-3-5-7-15)22(2)14-16-8-10-17(19)11-9-16/h3-11H,12-14H2,1-2H3,(H,20,21). The summed E-state index contributed by atoms with van der Waals surface area (Å²) in [4.78, 5) is 6.32. The molecule has 0 spiro atoms. The largest absolute Gasteiger partial charge is 0.356 e. The molecule has 0 saturated carbocycles. The molecule has 0 bridgehead atoms. The molecular weight excluding hydrogens is 277 g/mol. The van der Waals surface area contributed by atoms with Gasteiger partial charge in [0.15, 0.2) is 5.96 Å². The lowest BCUT2D eigenvalue weighted by molar-refractivity contribution is 0.476. The third kappa shape index (κ3) is 4.88. The number of nitrogens with zero attached hydrogens (tertiary/aromatic N) is 2. The molecule has 0 aliphatic rings. The summed E-state index contributed by atoms with van der Waals surface area (Å²) >= 11 is 0. The fourth-order valence-corrected chi connectivity index (χ4v) is 2.29. The van der Waals surface area contributed by atoms with Crippen LogP contribution >= 0.6 is 0 Å². The quantitative estimate of drug-likeness (QED) is 0.679. The van der Waals surface area contributed by atoms with Crippen LogP contribution in [-0.2, 0) is 13.0 Å². The molecule has 2 aromatic rings. The highest BCUT2D eigenvalue weighted by Crippen LogP contribution is 2.06. The molecule has 0 aliphatic carbocycles. The normalized spacial score (nSPS) is 11.3. The number of rotatable bonds is 5. The van der Waals surface area contributed by atoms with Crippen LogP contribution in [-0.4, -0.2) is 31.5 Å². The maximum absolute atomic E-state index is 12.9. The fourth-order valence-electron chi connectivity index (χ4n) is 2.29. The smallest absolute Gasteiger partial charge is 0.193 e. The zero-order valence-electron chi connectivity index (χ0n) is 13.1. The third-order valence-electron chi connectivity index (χ3n) is 3.45. The highest BCUT2D eigenvalue weighted by Gasteiger charge is 2.06. The van der Waals surface area contributed by atoms with E-state index in [9.17, 15) is 4.39 Å². The second-order valence-corrected chi connectivity index (χ2v) is 5.19. The summed E-state index contributed by atoms with van der Waals surface area (Å²) < 4.78 is 12.9. The van der Waals surface area contributed by atoms with Gasteiger partial charge in [-0.15, -0.1) is 0 Å². The van der Waals surface area contributed by atoms with Gasteiger partial charge in [-0.1, -0.05) is 42.5 Å². The number of halogens is 1. The van der Waals surface area contributed by atoms with Gasteiger partial charge < -0.3 is 10.2 Å². The number of nitrogens with one attached hydrogen (secondary N) is 1. The first-order valence-corrected chi connectivity index (χ1v) is 7.39. The summed E-state index contributed by atoms with van der Waals surface area (Å²) in [6.07, 6.45) is 0.949. The van der Waals surface area contributed by atoms with E-state index in [1.807, 2.05) is 30.1 Å². The first-order chi connectivity index (χ1) is 10.7. The minimum atomic E-state index is -0.211. The van der Waals surface area contributed by atoms with Gasteiger partial charge in [-0.25, -0.2) is 4.39 Å². The Morgan fingerprint density at radius 2 is 1.73 bits per heavy atom. The van der Waals surface area contributed by atoms with Crippen molar-refractivity contribution < 1.29 is 4.39 Å². The summed E-state index contributed by atoms with van der Waals surface area (Å²) in [5.41, 5.74) is 2.35. The first-order valence-electron chi connectivity index (χ1n) is 7.39. The van der Waals surface area contributed by atoms with Gasteiger partial charge in [-0.2, -0.15) is 0 Å². The second kappa shape index (κ2) is 8.17. The van der Waals surface area contributed by atoms with Crippen molar-refractivity contribution in [1.82, 2.24) is 10.2 Å². The van der Waals surface area contributed by atoms with E-state index >= 15 is 0 Å². The fraction of sp³-hybridized carbons (Fsp3) is 0.278. The van der Waals surface area contributed by atoms with Crippen LogP contribution < -0.4 is 5.32 Å². The van der Waals surface area contributed by atoms with E-state index < -0.39 is 0 Å². The highest BCUT2D eigenvalue weighted by atomic mass is 19.1. The molecule has 0 amide bonds. The van der Waals surface area contributed by atoms with Crippen molar-refractivity contribution in [3.63, 3.8) is 0 Å². The van der Waals surface area contributed by atoms with Crippen molar-refractivity contribution in [1.29, 1.82) is 0 Å². The van der Waals surface area contributed by atoms with Gasteiger partial charge in [0.2, 0.25) is 0 Å². The van der Waals surface area contributed by atoms with Crippen molar-refractivity contribution >= 4 is 5.96 Å². The van der Waals surface area contributed by atoms with Gasteiger partial charge in [0.1, 0.15) is 5.82 Å². The van der Waals surface area contributed by atoms with Crippen LogP contribution in [0.3, 0.4) is 0 Å². The van der Waals surface area contributed by atoms with Gasteiger partial charge in [0.25, 0.3) is 0 Å². The Hall–Kier alpha value is -2.36. The van der Waals surface area contributed by atoms with Gasteiger partial charge >= 0.3 is 0 Å². The van der Waals surface area contributed by atoms with Crippen LogP contribution in [0, 0.1) is 5.82 Å². The summed E-state index contributed by atoms with van der Waals surface area (Å²) in [6, 6.07) is 16.9. The van der Waals surface area contributed by atoms with Crippen LogP contribution in [0.25, 0.3) is 0 Å². The molecule has 0 atom stereocenters. The zero-order valence-corrected chi connectivity index (χ0v) is 13.1. The van der Waals surface area contributed by atoms with Crippen molar-refractivity contribution in [2.75, 3.05) is 20.6 Å². The lowest BCUT2D eigenvalue weighted by Gasteiger charge is -2.22. The second-order valence-electron chi connectivity index (χ2n) is 5.19. The van der Waals surface area contributed by atoms with E-state index in [0.29, 0.717) is 6.54 Å². The molecule has 3 nitrogen and oxygen atoms in total. The maximum atomic E-state index is 12.9. The van der Waals surface area contributed by atoms with E-state index in [2.05, 4.69) is 22.4 Å². The Kier molecular flexibility index (Phi) is 5.95. The molecule has 116 valence electrons. The average molecular weight is 299 g/mol. The van der Waals surface area contributed by atoms with Gasteiger partial charge in [-0.3, -0.25) is 4.99 Å². The monoisotopic (exact) mass is 299 g/mol. The Bertz CT molecular complexity index is 593. The van der Waals surface area contributed by atoms with Gasteiger partial charge in [-0.05, 0) is 29.7 Å². The number of hydrogen-bond donors (Lipinski definition) is 1. The Balaban J connectivity index is 1.84. The van der Waals surface area contributed by atoms with Crippen molar-refractivity contribution in [2.45, 2.75) is 13.0 Å². The molecule has 4 heteroatoms. The van der Waals surface area contributed by atoms with E-state index in [4.69, 9.17) is 0 Å². The van der Waals surface area contributed by atoms with E-state index in [0.717, 1.165) is 24.5 Å². The van der Waals surface area contributed by atoms with E-state index in [1.165, 1.54) is 17.7 Å². The highest BCUT2D eigenvalue weighted by molar-refractivity contribution is 5.79. The predicted octanol–water partition coefficient (Wildman–Crippen LogP) is 3.08. The van der Waals surface area contributed by atoms with Crippen molar-refractivity contribution in [3.8, 4) is 0 Å². The first kappa shape index (κ1) is 16.0. The molecule has 0 fully saturated rings. The third-order valence-corrected chi connectivity index (χ3v) is 3.45. The predicted molar refractivity (Wildman–Crippen MR) is 89.4 cm³/mol. The summed E-state index contributed by atoms with van der Waals surface area (Å²) in [6.45, 7) is 1.51. The van der Waals surface area contributed by atoms with Crippen LogP contribution in [0.4, 0.5) is 4.39 Å². The number of benzene rings is 2. The van der Waals surface area contributed by atoms with E-state index in [1.54, 1.807) is 19.2 Å². The lowest BCUT2D eigenvalue weighted by atomic mass is 10.1. The topological polar surface area (TPSA) is 27.6 Å². The Labute approximate surface area is 131 Å². The van der Waals surface area contributed by atoms with Crippen LogP contribution in [0.2, 0.25) is 0 Å². The molecule has 0 radical (unpaired) electrons. The Morgan fingerprint density at radius 1 is 1.05 bits per heavy atom. The molecule has 0 heterocycles. The molecule has 22 heavy (non-hydrogen) atoms. The summed E-state index contributed by atoms with van der Waals surface area (Å²) in [5.74, 6) is 0.622. The molecule has 0 aromatic heterocycles.